The lowest BCUT2D eigenvalue weighted by molar-refractivity contribution is 0.415. The number of aromatic nitrogens is 4. The van der Waals surface area contributed by atoms with Crippen molar-refractivity contribution >= 4 is 11.8 Å². The van der Waals surface area contributed by atoms with Crippen LogP contribution in [0.15, 0.2) is 77.0 Å². The molecule has 0 unspecified atom stereocenters. The first-order valence-corrected chi connectivity index (χ1v) is 10.2. The number of allylic oxidation sites excluding steroid dienone is 1. The van der Waals surface area contributed by atoms with E-state index in [9.17, 15) is 4.39 Å². The smallest absolute Gasteiger partial charge is 0.226 e. The second kappa shape index (κ2) is 8.96. The van der Waals surface area contributed by atoms with Gasteiger partial charge in [-0.1, -0.05) is 30.0 Å². The minimum Gasteiger partial charge on any atom is -0.497 e. The Kier molecular flexibility index (Phi) is 5.94. The molecule has 0 saturated heterocycles. The van der Waals surface area contributed by atoms with Crippen molar-refractivity contribution in [3.63, 3.8) is 0 Å². The molecule has 0 aliphatic rings. The molecule has 30 heavy (non-hydrogen) atoms. The highest BCUT2D eigenvalue weighted by Crippen LogP contribution is 2.29. The number of halogens is 1. The minimum atomic E-state index is -0.340. The summed E-state index contributed by atoms with van der Waals surface area (Å²) in [4.78, 5) is 4.54. The Morgan fingerprint density at radius 3 is 2.70 bits per heavy atom. The summed E-state index contributed by atoms with van der Waals surface area (Å²) in [5.41, 5.74) is 2.04. The Hall–Kier alpha value is -3.39. The zero-order valence-electron chi connectivity index (χ0n) is 16.3. The van der Waals surface area contributed by atoms with Crippen molar-refractivity contribution in [3.8, 4) is 28.6 Å². The molecule has 0 bridgehead atoms. The van der Waals surface area contributed by atoms with Crippen molar-refractivity contribution in [1.29, 1.82) is 0 Å². The molecule has 8 heteroatoms. The Labute approximate surface area is 177 Å². The molecule has 0 spiro atoms. The zero-order chi connectivity index (χ0) is 20.9. The van der Waals surface area contributed by atoms with Crippen LogP contribution in [-0.2, 0) is 12.3 Å². The van der Waals surface area contributed by atoms with Crippen LogP contribution in [0, 0.1) is 5.82 Å². The maximum Gasteiger partial charge on any atom is 0.226 e. The van der Waals surface area contributed by atoms with Gasteiger partial charge < -0.3 is 9.15 Å². The number of rotatable bonds is 8. The summed E-state index contributed by atoms with van der Waals surface area (Å²) in [5, 5.41) is 9.09. The van der Waals surface area contributed by atoms with E-state index < -0.39 is 0 Å². The van der Waals surface area contributed by atoms with Gasteiger partial charge in [-0.25, -0.2) is 9.37 Å². The lowest BCUT2D eigenvalue weighted by Gasteiger charge is -2.07. The van der Waals surface area contributed by atoms with E-state index in [0.717, 1.165) is 17.0 Å². The number of nitrogens with zero attached hydrogens (tertiary/aromatic N) is 4. The summed E-state index contributed by atoms with van der Waals surface area (Å²) in [6.07, 6.45) is 3.36. The minimum absolute atomic E-state index is 0.340. The van der Waals surface area contributed by atoms with Crippen molar-refractivity contribution in [2.45, 2.75) is 17.5 Å². The van der Waals surface area contributed by atoms with Gasteiger partial charge in [-0.15, -0.1) is 16.8 Å². The van der Waals surface area contributed by atoms with E-state index in [-0.39, 0.29) is 5.82 Å². The van der Waals surface area contributed by atoms with Gasteiger partial charge in [0.1, 0.15) is 17.8 Å². The van der Waals surface area contributed by atoms with Crippen molar-refractivity contribution < 1.29 is 13.5 Å². The molecule has 2 aromatic heterocycles. The predicted molar refractivity (Wildman–Crippen MR) is 114 cm³/mol. The summed E-state index contributed by atoms with van der Waals surface area (Å²) < 4.78 is 26.8. The van der Waals surface area contributed by atoms with Gasteiger partial charge in [0.2, 0.25) is 5.89 Å². The van der Waals surface area contributed by atoms with Crippen LogP contribution >= 0.6 is 11.8 Å². The molecule has 6 nitrogen and oxygen atoms in total. The molecular weight excluding hydrogens is 403 g/mol. The van der Waals surface area contributed by atoms with E-state index in [1.54, 1.807) is 37.6 Å². The van der Waals surface area contributed by atoms with Crippen molar-refractivity contribution in [1.82, 2.24) is 19.7 Å². The van der Waals surface area contributed by atoms with Gasteiger partial charge in [0.25, 0.3) is 0 Å². The average Bonchev–Trinajstić information content (AvgIpc) is 3.40. The lowest BCUT2D eigenvalue weighted by Crippen LogP contribution is -2.01. The molecule has 0 aliphatic heterocycles. The molecule has 0 N–H and O–H groups in total. The quantitative estimate of drug-likeness (QED) is 0.286. The number of hydrogen-bond acceptors (Lipinski definition) is 6. The van der Waals surface area contributed by atoms with Crippen LogP contribution in [0.1, 0.15) is 5.69 Å². The Bertz CT molecular complexity index is 1150. The maximum atomic E-state index is 14.2. The van der Waals surface area contributed by atoms with Crippen LogP contribution in [0.5, 0.6) is 5.75 Å². The molecular formula is C22H19FN4O2S. The maximum absolute atomic E-state index is 14.2. The molecule has 4 rings (SSSR count). The van der Waals surface area contributed by atoms with Gasteiger partial charge in [-0.3, -0.25) is 4.57 Å². The monoisotopic (exact) mass is 422 g/mol. The topological polar surface area (TPSA) is 66.0 Å². The van der Waals surface area contributed by atoms with Crippen LogP contribution in [0.3, 0.4) is 0 Å². The standard InChI is InChI=1S/C22H19FN4O2S/c1-3-12-27-20(18-6-4-5-7-19(18)23)25-26-22(27)30-14-16-13-29-21(24-16)15-8-10-17(28-2)11-9-15/h3-11,13H,1,12,14H2,2H3. The van der Waals surface area contributed by atoms with Gasteiger partial charge in [-0.2, -0.15) is 0 Å². The van der Waals surface area contributed by atoms with E-state index in [0.29, 0.717) is 34.7 Å². The van der Waals surface area contributed by atoms with E-state index in [1.165, 1.54) is 17.8 Å². The molecule has 152 valence electrons. The molecule has 0 atom stereocenters. The third kappa shape index (κ3) is 4.13. The van der Waals surface area contributed by atoms with Crippen LogP contribution in [-0.4, -0.2) is 26.9 Å². The van der Waals surface area contributed by atoms with Gasteiger partial charge in [0.05, 0.1) is 18.4 Å². The SMILES string of the molecule is C=CCn1c(SCc2coc(-c3ccc(OC)cc3)n2)nnc1-c1ccccc1F. The summed E-state index contributed by atoms with van der Waals surface area (Å²) in [6.45, 7) is 4.25. The fourth-order valence-electron chi connectivity index (χ4n) is 2.91. The van der Waals surface area contributed by atoms with Gasteiger partial charge >= 0.3 is 0 Å². The molecule has 0 saturated carbocycles. The number of benzene rings is 2. The van der Waals surface area contributed by atoms with Crippen LogP contribution in [0.25, 0.3) is 22.8 Å². The normalized spacial score (nSPS) is 10.9. The summed E-state index contributed by atoms with van der Waals surface area (Å²) in [7, 11) is 1.62. The third-order valence-corrected chi connectivity index (χ3v) is 5.38. The fourth-order valence-corrected chi connectivity index (χ4v) is 3.73. The molecule has 0 aliphatic carbocycles. The van der Waals surface area contributed by atoms with Crippen LogP contribution in [0.4, 0.5) is 4.39 Å². The number of ether oxygens (including phenoxy) is 1. The molecule has 2 heterocycles. The highest BCUT2D eigenvalue weighted by molar-refractivity contribution is 7.98. The largest absolute Gasteiger partial charge is 0.497 e. The number of methoxy groups -OCH3 is 1. The Morgan fingerprint density at radius 2 is 1.97 bits per heavy atom. The second-order valence-corrected chi connectivity index (χ2v) is 7.29. The highest BCUT2D eigenvalue weighted by atomic mass is 32.2. The van der Waals surface area contributed by atoms with E-state index in [4.69, 9.17) is 9.15 Å². The number of oxazole rings is 1. The molecule has 0 amide bonds. The van der Waals surface area contributed by atoms with Gasteiger partial charge in [0, 0.05) is 17.9 Å². The molecule has 2 aromatic carbocycles. The second-order valence-electron chi connectivity index (χ2n) is 6.35. The first kappa shape index (κ1) is 19.9. The zero-order valence-corrected chi connectivity index (χ0v) is 17.1. The first-order valence-electron chi connectivity index (χ1n) is 9.20. The molecule has 4 aromatic rings. The van der Waals surface area contributed by atoms with Gasteiger partial charge in [-0.05, 0) is 36.4 Å². The summed E-state index contributed by atoms with van der Waals surface area (Å²) >= 11 is 1.45. The fraction of sp³-hybridized carbons (Fsp3) is 0.136. The number of hydrogen-bond donors (Lipinski definition) is 0. The summed E-state index contributed by atoms with van der Waals surface area (Å²) in [6, 6.07) is 14.0. The van der Waals surface area contributed by atoms with E-state index in [2.05, 4.69) is 21.8 Å². The lowest BCUT2D eigenvalue weighted by atomic mass is 10.2. The average molecular weight is 422 g/mol. The van der Waals surface area contributed by atoms with Gasteiger partial charge in [0.15, 0.2) is 11.0 Å². The number of thioether (sulfide) groups is 1. The van der Waals surface area contributed by atoms with Crippen molar-refractivity contribution in [3.05, 3.63) is 79.0 Å². The predicted octanol–water partition coefficient (Wildman–Crippen LogP) is 5.23. The van der Waals surface area contributed by atoms with Crippen molar-refractivity contribution in [2.75, 3.05) is 7.11 Å². The third-order valence-electron chi connectivity index (χ3n) is 4.38. The Morgan fingerprint density at radius 1 is 1.17 bits per heavy atom. The van der Waals surface area contributed by atoms with E-state index in [1.807, 2.05) is 28.8 Å². The Balaban J connectivity index is 1.52. The van der Waals surface area contributed by atoms with E-state index >= 15 is 0 Å². The van der Waals surface area contributed by atoms with Crippen LogP contribution in [0.2, 0.25) is 0 Å². The highest BCUT2D eigenvalue weighted by Gasteiger charge is 2.17. The molecule has 0 fully saturated rings. The first-order chi connectivity index (χ1) is 14.7. The molecule has 0 radical (unpaired) electrons. The summed E-state index contributed by atoms with van der Waals surface area (Å²) in [5.74, 6) is 1.97. The van der Waals surface area contributed by atoms with Crippen LogP contribution < -0.4 is 4.74 Å². The van der Waals surface area contributed by atoms with Crippen molar-refractivity contribution in [2.24, 2.45) is 0 Å².